The van der Waals surface area contributed by atoms with E-state index in [4.69, 9.17) is 9.47 Å². The third-order valence-corrected chi connectivity index (χ3v) is 4.25. The molecular weight excluding hydrogens is 332 g/mol. The van der Waals surface area contributed by atoms with Gasteiger partial charge in [-0.1, -0.05) is 12.1 Å². The molecule has 1 aliphatic heterocycles. The minimum absolute atomic E-state index is 0.0454. The number of carbonyl (C=O) groups excluding carboxylic acids is 2. The molecular formula is C20H22N2O4. The van der Waals surface area contributed by atoms with Crippen LogP contribution in [0.3, 0.4) is 0 Å². The molecule has 1 aliphatic rings. The van der Waals surface area contributed by atoms with Crippen molar-refractivity contribution in [2.45, 2.75) is 12.8 Å². The largest absolute Gasteiger partial charge is 0.497 e. The summed E-state index contributed by atoms with van der Waals surface area (Å²) >= 11 is 0. The van der Waals surface area contributed by atoms with Crippen molar-refractivity contribution in [1.29, 1.82) is 0 Å². The summed E-state index contributed by atoms with van der Waals surface area (Å²) in [5.41, 5.74) is 2.62. The molecule has 6 heteroatoms. The van der Waals surface area contributed by atoms with Crippen LogP contribution in [-0.4, -0.2) is 38.7 Å². The predicted molar refractivity (Wildman–Crippen MR) is 99.6 cm³/mol. The standard InChI is InChI=1S/C20H22N2O4/c1-25-18-9-2-15(3-10-18)4-11-19(23)21-16-5-7-17(8-6-16)22-12-13-26-14-20(22)24/h2-3,5-10H,4,11-14H2,1H3,(H,21,23). The maximum absolute atomic E-state index is 12.1. The van der Waals surface area contributed by atoms with Crippen LogP contribution < -0.4 is 15.0 Å². The minimum Gasteiger partial charge on any atom is -0.497 e. The molecule has 1 heterocycles. The third-order valence-electron chi connectivity index (χ3n) is 4.25. The first kappa shape index (κ1) is 17.9. The Kier molecular flexibility index (Phi) is 5.86. The zero-order chi connectivity index (χ0) is 18.4. The SMILES string of the molecule is COc1ccc(CCC(=O)Nc2ccc(N3CCOCC3=O)cc2)cc1. The van der Waals surface area contributed by atoms with E-state index in [2.05, 4.69) is 5.32 Å². The van der Waals surface area contributed by atoms with Crippen LogP contribution >= 0.6 is 0 Å². The number of benzene rings is 2. The van der Waals surface area contributed by atoms with Gasteiger partial charge in [0.15, 0.2) is 0 Å². The number of nitrogens with zero attached hydrogens (tertiary/aromatic N) is 1. The molecule has 0 atom stereocenters. The minimum atomic E-state index is -0.0486. The number of anilines is 2. The van der Waals surface area contributed by atoms with E-state index in [-0.39, 0.29) is 18.4 Å². The Morgan fingerprint density at radius 3 is 2.54 bits per heavy atom. The molecule has 2 amide bonds. The number of morpholine rings is 1. The maximum Gasteiger partial charge on any atom is 0.253 e. The van der Waals surface area contributed by atoms with Crippen LogP contribution in [0.4, 0.5) is 11.4 Å². The molecule has 1 fully saturated rings. The lowest BCUT2D eigenvalue weighted by molar-refractivity contribution is -0.125. The van der Waals surface area contributed by atoms with E-state index in [1.165, 1.54) is 0 Å². The van der Waals surface area contributed by atoms with Gasteiger partial charge in [0.05, 0.1) is 13.7 Å². The first-order valence-electron chi connectivity index (χ1n) is 8.56. The van der Waals surface area contributed by atoms with Crippen LogP contribution in [0.1, 0.15) is 12.0 Å². The van der Waals surface area contributed by atoms with Gasteiger partial charge in [0.2, 0.25) is 5.91 Å². The topological polar surface area (TPSA) is 67.9 Å². The average molecular weight is 354 g/mol. The fourth-order valence-corrected chi connectivity index (χ4v) is 2.79. The fourth-order valence-electron chi connectivity index (χ4n) is 2.79. The second-order valence-electron chi connectivity index (χ2n) is 6.04. The normalized spacial score (nSPS) is 14.2. The lowest BCUT2D eigenvalue weighted by Gasteiger charge is -2.26. The highest BCUT2D eigenvalue weighted by molar-refractivity contribution is 5.95. The van der Waals surface area contributed by atoms with Gasteiger partial charge in [0, 0.05) is 24.3 Å². The first-order chi connectivity index (χ1) is 12.7. The van der Waals surface area contributed by atoms with Crippen molar-refractivity contribution in [1.82, 2.24) is 0 Å². The van der Waals surface area contributed by atoms with Gasteiger partial charge >= 0.3 is 0 Å². The van der Waals surface area contributed by atoms with Gasteiger partial charge in [-0.05, 0) is 48.4 Å². The second-order valence-corrected chi connectivity index (χ2v) is 6.04. The summed E-state index contributed by atoms with van der Waals surface area (Å²) in [7, 11) is 1.63. The summed E-state index contributed by atoms with van der Waals surface area (Å²) in [5.74, 6) is 0.709. The number of methoxy groups -OCH3 is 1. The number of hydrogen-bond donors (Lipinski definition) is 1. The maximum atomic E-state index is 12.1. The van der Waals surface area contributed by atoms with E-state index < -0.39 is 0 Å². The predicted octanol–water partition coefficient (Wildman–Crippen LogP) is 2.63. The smallest absolute Gasteiger partial charge is 0.253 e. The van der Waals surface area contributed by atoms with Gasteiger partial charge in [0.1, 0.15) is 12.4 Å². The molecule has 6 nitrogen and oxygen atoms in total. The van der Waals surface area contributed by atoms with Crippen LogP contribution in [0, 0.1) is 0 Å². The molecule has 0 saturated carbocycles. The summed E-state index contributed by atoms with van der Waals surface area (Å²) < 4.78 is 10.3. The van der Waals surface area contributed by atoms with Crippen LogP contribution in [0.25, 0.3) is 0 Å². The molecule has 3 rings (SSSR count). The average Bonchev–Trinajstić information content (AvgIpc) is 2.68. The highest BCUT2D eigenvalue weighted by Gasteiger charge is 2.19. The van der Waals surface area contributed by atoms with Gasteiger partial charge in [-0.3, -0.25) is 9.59 Å². The van der Waals surface area contributed by atoms with E-state index in [9.17, 15) is 9.59 Å². The number of hydrogen-bond acceptors (Lipinski definition) is 4. The van der Waals surface area contributed by atoms with Crippen molar-refractivity contribution >= 4 is 23.2 Å². The molecule has 2 aromatic rings. The van der Waals surface area contributed by atoms with Gasteiger partial charge in [-0.25, -0.2) is 0 Å². The third kappa shape index (κ3) is 4.61. The summed E-state index contributed by atoms with van der Waals surface area (Å²) in [6, 6.07) is 15.0. The quantitative estimate of drug-likeness (QED) is 0.866. The molecule has 2 aromatic carbocycles. The van der Waals surface area contributed by atoms with E-state index in [1.807, 2.05) is 48.5 Å². The van der Waals surface area contributed by atoms with Crippen molar-refractivity contribution in [2.75, 3.05) is 37.1 Å². The summed E-state index contributed by atoms with van der Waals surface area (Å²) in [5, 5.41) is 2.88. The van der Waals surface area contributed by atoms with Crippen molar-refractivity contribution in [2.24, 2.45) is 0 Å². The number of rotatable bonds is 6. The number of amides is 2. The van der Waals surface area contributed by atoms with Crippen molar-refractivity contribution < 1.29 is 19.1 Å². The molecule has 0 radical (unpaired) electrons. The molecule has 1 N–H and O–H groups in total. The van der Waals surface area contributed by atoms with Crippen molar-refractivity contribution in [3.05, 3.63) is 54.1 Å². The molecule has 26 heavy (non-hydrogen) atoms. The lowest BCUT2D eigenvalue weighted by Crippen LogP contribution is -2.41. The van der Waals surface area contributed by atoms with Crippen LogP contribution in [0.2, 0.25) is 0 Å². The molecule has 136 valence electrons. The summed E-state index contributed by atoms with van der Waals surface area (Å²) in [4.78, 5) is 25.7. The Morgan fingerprint density at radius 1 is 1.15 bits per heavy atom. The highest BCUT2D eigenvalue weighted by atomic mass is 16.5. The van der Waals surface area contributed by atoms with E-state index in [0.717, 1.165) is 17.0 Å². The van der Waals surface area contributed by atoms with Crippen molar-refractivity contribution in [3.63, 3.8) is 0 Å². The number of carbonyl (C=O) groups is 2. The van der Waals surface area contributed by atoms with Crippen LogP contribution in [0.15, 0.2) is 48.5 Å². The van der Waals surface area contributed by atoms with E-state index in [1.54, 1.807) is 12.0 Å². The van der Waals surface area contributed by atoms with E-state index >= 15 is 0 Å². The van der Waals surface area contributed by atoms with Gasteiger partial charge in [-0.15, -0.1) is 0 Å². The number of nitrogens with one attached hydrogen (secondary N) is 1. The molecule has 0 aliphatic carbocycles. The fraction of sp³-hybridized carbons (Fsp3) is 0.300. The van der Waals surface area contributed by atoms with Gasteiger partial charge < -0.3 is 19.7 Å². The Morgan fingerprint density at radius 2 is 1.88 bits per heavy atom. The first-order valence-corrected chi connectivity index (χ1v) is 8.56. The van der Waals surface area contributed by atoms with Crippen LogP contribution in [0.5, 0.6) is 5.75 Å². The Balaban J connectivity index is 1.51. The summed E-state index contributed by atoms with van der Waals surface area (Å²) in [6.07, 6.45) is 1.06. The molecule has 0 aromatic heterocycles. The molecule has 0 unspecified atom stereocenters. The zero-order valence-corrected chi connectivity index (χ0v) is 14.7. The summed E-state index contributed by atoms with van der Waals surface area (Å²) in [6.45, 7) is 1.20. The highest BCUT2D eigenvalue weighted by Crippen LogP contribution is 2.20. The van der Waals surface area contributed by atoms with Crippen molar-refractivity contribution in [3.8, 4) is 5.75 Å². The molecule has 0 bridgehead atoms. The number of ether oxygens (including phenoxy) is 2. The Labute approximate surface area is 152 Å². The molecule has 1 saturated heterocycles. The Hall–Kier alpha value is -2.86. The van der Waals surface area contributed by atoms with Gasteiger partial charge in [0.25, 0.3) is 5.91 Å². The van der Waals surface area contributed by atoms with Gasteiger partial charge in [-0.2, -0.15) is 0 Å². The monoisotopic (exact) mass is 354 g/mol. The van der Waals surface area contributed by atoms with E-state index in [0.29, 0.717) is 31.7 Å². The number of aryl methyl sites for hydroxylation is 1. The lowest BCUT2D eigenvalue weighted by atomic mass is 10.1. The Bertz CT molecular complexity index is 756. The zero-order valence-electron chi connectivity index (χ0n) is 14.7. The molecule has 0 spiro atoms. The van der Waals surface area contributed by atoms with Crippen LogP contribution in [-0.2, 0) is 20.7 Å². The second kappa shape index (κ2) is 8.49.